The molecule has 1 amide bonds. The highest BCUT2D eigenvalue weighted by Gasteiger charge is 2.38. The number of nitrogens with one attached hydrogen (secondary N) is 1. The number of alkyl halides is 3. The van der Waals surface area contributed by atoms with Crippen LogP contribution < -0.4 is 5.32 Å². The molecule has 1 aromatic heterocycles. The number of hydrogen-bond acceptors (Lipinski definition) is 7. The molecule has 0 saturated carbocycles. The lowest BCUT2D eigenvalue weighted by molar-refractivity contribution is -0.146. The van der Waals surface area contributed by atoms with Gasteiger partial charge in [-0.05, 0) is 53.6 Å². The zero-order chi connectivity index (χ0) is 26.1. The van der Waals surface area contributed by atoms with Crippen LogP contribution in [0.4, 0.5) is 13.2 Å². The van der Waals surface area contributed by atoms with Crippen molar-refractivity contribution in [3.8, 4) is 16.8 Å². The molecule has 192 valence electrons. The number of sulfone groups is 1. The summed E-state index contributed by atoms with van der Waals surface area (Å²) in [4.78, 5) is 15.1. The van der Waals surface area contributed by atoms with Crippen molar-refractivity contribution in [2.75, 3.05) is 31.1 Å². The van der Waals surface area contributed by atoms with E-state index in [1.807, 2.05) is 36.1 Å². The highest BCUT2D eigenvalue weighted by molar-refractivity contribution is 7.91. The molecule has 2 heterocycles. The van der Waals surface area contributed by atoms with Crippen molar-refractivity contribution < 1.29 is 26.4 Å². The van der Waals surface area contributed by atoms with Gasteiger partial charge < -0.3 is 5.32 Å². The van der Waals surface area contributed by atoms with Crippen LogP contribution in [0.15, 0.2) is 42.5 Å². The van der Waals surface area contributed by atoms with E-state index in [4.69, 9.17) is 0 Å². The number of tetrazole rings is 1. The van der Waals surface area contributed by atoms with E-state index in [0.29, 0.717) is 35.4 Å². The minimum Gasteiger partial charge on any atom is -0.348 e. The number of carbonyl (C=O) groups is 1. The maximum absolute atomic E-state index is 13.5. The Balaban J connectivity index is 1.62. The van der Waals surface area contributed by atoms with Crippen LogP contribution in [0.1, 0.15) is 28.7 Å². The Morgan fingerprint density at radius 3 is 2.39 bits per heavy atom. The van der Waals surface area contributed by atoms with Gasteiger partial charge in [0, 0.05) is 31.2 Å². The summed E-state index contributed by atoms with van der Waals surface area (Å²) in [6.45, 7) is 4.91. The first-order valence-electron chi connectivity index (χ1n) is 11.2. The summed E-state index contributed by atoms with van der Waals surface area (Å²) in [6, 6.07) is 11.4. The van der Waals surface area contributed by atoms with E-state index in [-0.39, 0.29) is 28.8 Å². The molecule has 0 spiro atoms. The summed E-state index contributed by atoms with van der Waals surface area (Å²) in [5.41, 5.74) is 2.37. The molecule has 1 saturated heterocycles. The third kappa shape index (κ3) is 6.08. The Morgan fingerprint density at radius 1 is 1.08 bits per heavy atom. The predicted octanol–water partition coefficient (Wildman–Crippen LogP) is 2.51. The fraction of sp³-hybridized carbons (Fsp3) is 0.391. The first-order valence-corrected chi connectivity index (χ1v) is 13.1. The number of rotatable bonds is 6. The van der Waals surface area contributed by atoms with Crippen LogP contribution in [0, 0.1) is 6.92 Å². The number of aryl methyl sites for hydroxylation is 1. The molecule has 2 aromatic carbocycles. The second-order valence-electron chi connectivity index (χ2n) is 8.87. The molecule has 1 aliphatic heterocycles. The number of aromatic nitrogens is 4. The zero-order valence-corrected chi connectivity index (χ0v) is 20.5. The molecule has 0 aliphatic carbocycles. The molecule has 1 unspecified atom stereocenters. The summed E-state index contributed by atoms with van der Waals surface area (Å²) >= 11 is 0. The van der Waals surface area contributed by atoms with E-state index in [1.54, 1.807) is 13.0 Å². The van der Waals surface area contributed by atoms with Crippen LogP contribution >= 0.6 is 0 Å². The fourth-order valence-electron chi connectivity index (χ4n) is 3.99. The molecule has 13 heteroatoms. The average Bonchev–Trinajstić information content (AvgIpc) is 3.31. The second kappa shape index (κ2) is 9.97. The molecule has 3 aromatic rings. The van der Waals surface area contributed by atoms with Crippen LogP contribution in [-0.2, 0) is 16.0 Å². The Labute approximate surface area is 206 Å². The lowest BCUT2D eigenvalue weighted by Crippen LogP contribution is -2.47. The van der Waals surface area contributed by atoms with Crippen molar-refractivity contribution in [1.82, 2.24) is 30.4 Å². The van der Waals surface area contributed by atoms with Gasteiger partial charge in [-0.2, -0.15) is 17.9 Å². The Hall–Kier alpha value is -3.32. The third-order valence-electron chi connectivity index (χ3n) is 5.88. The minimum absolute atomic E-state index is 0.00978. The van der Waals surface area contributed by atoms with E-state index in [2.05, 4.69) is 20.8 Å². The second-order valence-corrected chi connectivity index (χ2v) is 11.2. The normalized spacial score (nSPS) is 17.0. The summed E-state index contributed by atoms with van der Waals surface area (Å²) in [6.07, 6.45) is -4.79. The van der Waals surface area contributed by atoms with Crippen LogP contribution in [0.2, 0.25) is 0 Å². The molecule has 0 radical (unpaired) electrons. The number of halogens is 3. The maximum Gasteiger partial charge on any atom is 0.453 e. The molecule has 36 heavy (non-hydrogen) atoms. The molecular weight excluding hydrogens is 497 g/mol. The van der Waals surface area contributed by atoms with Crippen molar-refractivity contribution in [2.24, 2.45) is 0 Å². The smallest absolute Gasteiger partial charge is 0.348 e. The van der Waals surface area contributed by atoms with Gasteiger partial charge in [0.15, 0.2) is 9.84 Å². The minimum atomic E-state index is -4.79. The van der Waals surface area contributed by atoms with E-state index < -0.39 is 27.7 Å². The monoisotopic (exact) mass is 522 g/mol. The number of carbonyl (C=O) groups excluding carboxylic acids is 1. The topological polar surface area (TPSA) is 110 Å². The largest absolute Gasteiger partial charge is 0.453 e. The standard InChI is InChI=1S/C23H25F3N6O3S/c1-15-3-5-17(6-4-15)18-11-19(13-20(12-18)32-22(23(24,25)26)28-29-30-32)21(33)27-16(2)14-31-7-9-36(34,35)10-8-31/h3-6,11-13,16H,7-10,14H2,1-2H3,(H,27,33). The van der Waals surface area contributed by atoms with Gasteiger partial charge in [0.05, 0.1) is 17.2 Å². The summed E-state index contributed by atoms with van der Waals surface area (Å²) < 4.78 is 64.2. The van der Waals surface area contributed by atoms with E-state index in [0.717, 1.165) is 5.56 Å². The molecule has 1 fully saturated rings. The predicted molar refractivity (Wildman–Crippen MR) is 126 cm³/mol. The highest BCUT2D eigenvalue weighted by Crippen LogP contribution is 2.30. The SMILES string of the molecule is Cc1ccc(-c2cc(C(=O)NC(C)CN3CCS(=O)(=O)CC3)cc(-n3nnnc3C(F)(F)F)c2)cc1. The molecule has 1 atom stereocenters. The maximum atomic E-state index is 13.5. The van der Waals surface area contributed by atoms with Crippen molar-refractivity contribution in [2.45, 2.75) is 26.1 Å². The fourth-order valence-corrected chi connectivity index (χ4v) is 5.26. The zero-order valence-electron chi connectivity index (χ0n) is 19.7. The highest BCUT2D eigenvalue weighted by atomic mass is 32.2. The average molecular weight is 523 g/mol. The molecule has 4 rings (SSSR count). The van der Waals surface area contributed by atoms with Gasteiger partial charge >= 0.3 is 6.18 Å². The first kappa shape index (κ1) is 25.8. The van der Waals surface area contributed by atoms with Gasteiger partial charge in [0.25, 0.3) is 11.7 Å². The van der Waals surface area contributed by atoms with Crippen LogP contribution in [-0.4, -0.2) is 76.6 Å². The van der Waals surface area contributed by atoms with E-state index in [9.17, 15) is 26.4 Å². The number of hydrogen-bond donors (Lipinski definition) is 1. The van der Waals surface area contributed by atoms with Crippen LogP contribution in [0.25, 0.3) is 16.8 Å². The lowest BCUT2D eigenvalue weighted by Gasteiger charge is -2.29. The number of amides is 1. The summed E-state index contributed by atoms with van der Waals surface area (Å²) in [5, 5.41) is 12.6. The van der Waals surface area contributed by atoms with Crippen molar-refractivity contribution in [3.63, 3.8) is 0 Å². The van der Waals surface area contributed by atoms with Crippen LogP contribution in [0.3, 0.4) is 0 Å². The Morgan fingerprint density at radius 2 is 1.75 bits per heavy atom. The quantitative estimate of drug-likeness (QED) is 0.530. The summed E-state index contributed by atoms with van der Waals surface area (Å²) in [7, 11) is -3.02. The molecule has 0 bridgehead atoms. The van der Waals surface area contributed by atoms with E-state index in [1.165, 1.54) is 12.1 Å². The first-order chi connectivity index (χ1) is 16.9. The van der Waals surface area contributed by atoms with Gasteiger partial charge in [0.1, 0.15) is 0 Å². The molecule has 1 aliphatic rings. The third-order valence-corrected chi connectivity index (χ3v) is 7.49. The Bertz CT molecular complexity index is 1340. The van der Waals surface area contributed by atoms with Crippen LogP contribution in [0.5, 0.6) is 0 Å². The Kier molecular flexibility index (Phi) is 7.14. The molecule has 1 N–H and O–H groups in total. The van der Waals surface area contributed by atoms with Crippen molar-refractivity contribution >= 4 is 15.7 Å². The summed E-state index contributed by atoms with van der Waals surface area (Å²) in [5.74, 6) is -1.64. The van der Waals surface area contributed by atoms with Gasteiger partial charge in [-0.3, -0.25) is 9.69 Å². The van der Waals surface area contributed by atoms with Gasteiger partial charge in [-0.15, -0.1) is 5.10 Å². The van der Waals surface area contributed by atoms with Crippen molar-refractivity contribution in [3.05, 3.63) is 59.4 Å². The molecule has 9 nitrogen and oxygen atoms in total. The number of nitrogens with zero attached hydrogens (tertiary/aromatic N) is 5. The number of benzene rings is 2. The van der Waals surface area contributed by atoms with Gasteiger partial charge in [-0.1, -0.05) is 29.8 Å². The molecular formula is C23H25F3N6O3S. The van der Waals surface area contributed by atoms with Crippen molar-refractivity contribution in [1.29, 1.82) is 0 Å². The van der Waals surface area contributed by atoms with Gasteiger partial charge in [-0.25, -0.2) is 8.42 Å². The lowest BCUT2D eigenvalue weighted by atomic mass is 10.0. The van der Waals surface area contributed by atoms with Gasteiger partial charge in [0.2, 0.25) is 0 Å². The van der Waals surface area contributed by atoms with E-state index >= 15 is 0 Å².